The molecule has 1 heterocycles. The summed E-state index contributed by atoms with van der Waals surface area (Å²) in [5, 5.41) is 2.97. The Morgan fingerprint density at radius 1 is 1.08 bits per heavy atom. The number of rotatable bonds is 4. The summed E-state index contributed by atoms with van der Waals surface area (Å²) in [6.07, 6.45) is 1.57. The van der Waals surface area contributed by atoms with Crippen LogP contribution < -0.4 is 10.2 Å². The van der Waals surface area contributed by atoms with Crippen molar-refractivity contribution in [2.75, 3.05) is 4.90 Å². The van der Waals surface area contributed by atoms with Gasteiger partial charge in [0.1, 0.15) is 6.04 Å². The van der Waals surface area contributed by atoms with Crippen molar-refractivity contribution in [1.29, 1.82) is 0 Å². The molecule has 124 valence electrons. The lowest BCUT2D eigenvalue weighted by atomic mass is 10.1. The molecule has 1 aliphatic heterocycles. The second kappa shape index (κ2) is 6.87. The Kier molecular flexibility index (Phi) is 4.65. The minimum Gasteiger partial charge on any atom is -0.350 e. The SMILES string of the molecule is CCc1ccc(CNC(=O)[C@@H]2Cc3ccccc3N2C(C)=O)cc1. The minimum absolute atomic E-state index is 0.104. The molecule has 2 aromatic rings. The first kappa shape index (κ1) is 16.2. The Bertz CT molecular complexity index is 752. The molecule has 0 spiro atoms. The van der Waals surface area contributed by atoms with Crippen LogP contribution in [0.5, 0.6) is 0 Å². The fraction of sp³-hybridized carbons (Fsp3) is 0.300. The molecule has 2 aromatic carbocycles. The van der Waals surface area contributed by atoms with E-state index >= 15 is 0 Å². The molecule has 1 atom stereocenters. The lowest BCUT2D eigenvalue weighted by molar-refractivity contribution is -0.125. The van der Waals surface area contributed by atoms with Crippen molar-refractivity contribution in [2.24, 2.45) is 0 Å². The van der Waals surface area contributed by atoms with Crippen LogP contribution in [0.15, 0.2) is 48.5 Å². The Morgan fingerprint density at radius 2 is 1.75 bits per heavy atom. The molecule has 0 saturated heterocycles. The number of benzene rings is 2. The van der Waals surface area contributed by atoms with Gasteiger partial charge in [0, 0.05) is 25.6 Å². The highest BCUT2D eigenvalue weighted by Crippen LogP contribution is 2.32. The number of carbonyl (C=O) groups excluding carboxylic acids is 2. The number of para-hydroxylation sites is 1. The van der Waals surface area contributed by atoms with Gasteiger partial charge in [0.05, 0.1) is 0 Å². The van der Waals surface area contributed by atoms with Crippen molar-refractivity contribution in [1.82, 2.24) is 5.32 Å². The molecule has 0 saturated carbocycles. The van der Waals surface area contributed by atoms with Crippen LogP contribution in [-0.2, 0) is 29.0 Å². The van der Waals surface area contributed by atoms with E-state index in [-0.39, 0.29) is 11.8 Å². The fourth-order valence-electron chi connectivity index (χ4n) is 3.18. The highest BCUT2D eigenvalue weighted by molar-refractivity contribution is 6.02. The Labute approximate surface area is 142 Å². The summed E-state index contributed by atoms with van der Waals surface area (Å²) >= 11 is 0. The lowest BCUT2D eigenvalue weighted by Crippen LogP contribution is -2.47. The molecule has 4 nitrogen and oxygen atoms in total. The predicted octanol–water partition coefficient (Wildman–Crippen LogP) is 2.84. The average Bonchev–Trinajstić information content (AvgIpc) is 3.00. The first-order valence-electron chi connectivity index (χ1n) is 8.33. The third-order valence-corrected chi connectivity index (χ3v) is 4.52. The van der Waals surface area contributed by atoms with Gasteiger partial charge >= 0.3 is 0 Å². The summed E-state index contributed by atoms with van der Waals surface area (Å²) in [5.74, 6) is -0.214. The van der Waals surface area contributed by atoms with E-state index in [0.29, 0.717) is 13.0 Å². The molecule has 0 bridgehead atoms. The number of nitrogens with zero attached hydrogens (tertiary/aromatic N) is 1. The highest BCUT2D eigenvalue weighted by atomic mass is 16.2. The van der Waals surface area contributed by atoms with E-state index in [1.54, 1.807) is 4.90 Å². The van der Waals surface area contributed by atoms with Crippen molar-refractivity contribution in [2.45, 2.75) is 39.3 Å². The molecule has 0 fully saturated rings. The van der Waals surface area contributed by atoms with E-state index in [4.69, 9.17) is 0 Å². The third-order valence-electron chi connectivity index (χ3n) is 4.52. The predicted molar refractivity (Wildman–Crippen MR) is 94.8 cm³/mol. The lowest BCUT2D eigenvalue weighted by Gasteiger charge is -2.23. The number of hydrogen-bond donors (Lipinski definition) is 1. The molecular formula is C20H22N2O2. The van der Waals surface area contributed by atoms with Crippen molar-refractivity contribution in [3.8, 4) is 0 Å². The Balaban J connectivity index is 1.69. The first-order valence-corrected chi connectivity index (χ1v) is 8.33. The molecule has 1 N–H and O–H groups in total. The van der Waals surface area contributed by atoms with Gasteiger partial charge < -0.3 is 5.32 Å². The van der Waals surface area contributed by atoms with Gasteiger partial charge in [-0.2, -0.15) is 0 Å². The number of carbonyl (C=O) groups is 2. The number of amides is 2. The van der Waals surface area contributed by atoms with Gasteiger partial charge in [-0.25, -0.2) is 0 Å². The highest BCUT2D eigenvalue weighted by Gasteiger charge is 2.36. The maximum Gasteiger partial charge on any atom is 0.243 e. The maximum absolute atomic E-state index is 12.6. The smallest absolute Gasteiger partial charge is 0.243 e. The standard InChI is InChI=1S/C20H22N2O2/c1-3-15-8-10-16(11-9-15)13-21-20(24)19-12-17-6-4-5-7-18(17)22(19)14(2)23/h4-11,19H,3,12-13H2,1-2H3,(H,21,24)/t19-/m0/s1. The zero-order chi connectivity index (χ0) is 17.1. The van der Waals surface area contributed by atoms with Crippen LogP contribution in [0.3, 0.4) is 0 Å². The number of anilines is 1. The van der Waals surface area contributed by atoms with E-state index in [1.807, 2.05) is 36.4 Å². The fourth-order valence-corrected chi connectivity index (χ4v) is 3.18. The first-order chi connectivity index (χ1) is 11.6. The molecule has 4 heteroatoms. The van der Waals surface area contributed by atoms with Crippen LogP contribution in [0.2, 0.25) is 0 Å². The third kappa shape index (κ3) is 3.18. The van der Waals surface area contributed by atoms with Crippen molar-refractivity contribution in [3.05, 3.63) is 65.2 Å². The van der Waals surface area contributed by atoms with Gasteiger partial charge in [0.2, 0.25) is 11.8 Å². The van der Waals surface area contributed by atoms with E-state index in [1.165, 1.54) is 12.5 Å². The van der Waals surface area contributed by atoms with Crippen LogP contribution in [0.25, 0.3) is 0 Å². The molecule has 0 unspecified atom stereocenters. The summed E-state index contributed by atoms with van der Waals surface area (Å²) in [5.41, 5.74) is 4.22. The second-order valence-electron chi connectivity index (χ2n) is 6.13. The van der Waals surface area contributed by atoms with Gasteiger partial charge in [-0.15, -0.1) is 0 Å². The molecule has 1 aliphatic rings. The number of fused-ring (bicyclic) bond motifs is 1. The zero-order valence-corrected chi connectivity index (χ0v) is 14.1. The number of nitrogens with one attached hydrogen (secondary N) is 1. The van der Waals surface area contributed by atoms with Crippen LogP contribution in [-0.4, -0.2) is 17.9 Å². The average molecular weight is 322 g/mol. The summed E-state index contributed by atoms with van der Waals surface area (Å²) < 4.78 is 0. The normalized spacial score (nSPS) is 15.9. The second-order valence-corrected chi connectivity index (χ2v) is 6.13. The maximum atomic E-state index is 12.6. The van der Waals surface area contributed by atoms with Crippen molar-refractivity contribution in [3.63, 3.8) is 0 Å². The van der Waals surface area contributed by atoms with E-state index in [2.05, 4.69) is 24.4 Å². The molecule has 3 rings (SSSR count). The molecule has 0 aromatic heterocycles. The Morgan fingerprint density at radius 3 is 2.42 bits per heavy atom. The van der Waals surface area contributed by atoms with Crippen LogP contribution in [0.4, 0.5) is 5.69 Å². The van der Waals surface area contributed by atoms with Crippen LogP contribution >= 0.6 is 0 Å². The van der Waals surface area contributed by atoms with Gasteiger partial charge in [-0.3, -0.25) is 14.5 Å². The van der Waals surface area contributed by atoms with E-state index < -0.39 is 6.04 Å². The largest absolute Gasteiger partial charge is 0.350 e. The van der Waals surface area contributed by atoms with Crippen molar-refractivity contribution < 1.29 is 9.59 Å². The quantitative estimate of drug-likeness (QED) is 0.941. The van der Waals surface area contributed by atoms with Gasteiger partial charge in [-0.1, -0.05) is 49.4 Å². The summed E-state index contributed by atoms with van der Waals surface area (Å²) in [7, 11) is 0. The summed E-state index contributed by atoms with van der Waals surface area (Å²) in [4.78, 5) is 26.2. The Hall–Kier alpha value is -2.62. The molecular weight excluding hydrogens is 300 g/mol. The molecule has 0 radical (unpaired) electrons. The van der Waals surface area contributed by atoms with E-state index in [9.17, 15) is 9.59 Å². The monoisotopic (exact) mass is 322 g/mol. The van der Waals surface area contributed by atoms with E-state index in [0.717, 1.165) is 23.2 Å². The van der Waals surface area contributed by atoms with Crippen LogP contribution in [0.1, 0.15) is 30.5 Å². The molecule has 2 amide bonds. The molecule has 0 aliphatic carbocycles. The summed E-state index contributed by atoms with van der Waals surface area (Å²) in [6.45, 7) is 4.10. The summed E-state index contributed by atoms with van der Waals surface area (Å²) in [6, 6.07) is 15.5. The zero-order valence-electron chi connectivity index (χ0n) is 14.1. The molecule has 24 heavy (non-hydrogen) atoms. The van der Waals surface area contributed by atoms with Gasteiger partial charge in [-0.05, 0) is 29.2 Å². The topological polar surface area (TPSA) is 49.4 Å². The number of aryl methyl sites for hydroxylation is 1. The van der Waals surface area contributed by atoms with Crippen LogP contribution in [0, 0.1) is 0 Å². The van der Waals surface area contributed by atoms with Gasteiger partial charge in [0.25, 0.3) is 0 Å². The van der Waals surface area contributed by atoms with Crippen molar-refractivity contribution >= 4 is 17.5 Å². The van der Waals surface area contributed by atoms with Gasteiger partial charge in [0.15, 0.2) is 0 Å². The minimum atomic E-state index is -0.463. The number of hydrogen-bond acceptors (Lipinski definition) is 2.